The minimum absolute atomic E-state index is 0.0303. The third-order valence-electron chi connectivity index (χ3n) is 4.08. The Morgan fingerprint density at radius 3 is 2.75 bits per heavy atom. The van der Waals surface area contributed by atoms with Crippen LogP contribution in [0.4, 0.5) is 11.4 Å². The fourth-order valence-electron chi connectivity index (χ4n) is 2.53. The molecule has 0 aliphatic carbocycles. The van der Waals surface area contributed by atoms with E-state index >= 15 is 0 Å². The van der Waals surface area contributed by atoms with Crippen LogP contribution in [0.15, 0.2) is 47.5 Å². The van der Waals surface area contributed by atoms with E-state index in [2.05, 4.69) is 4.99 Å². The molecular formula is C19H18ClN3O4S. The van der Waals surface area contributed by atoms with Crippen molar-refractivity contribution in [1.82, 2.24) is 4.90 Å². The first-order valence-electron chi connectivity index (χ1n) is 8.59. The van der Waals surface area contributed by atoms with Gasteiger partial charge in [0.05, 0.1) is 10.6 Å². The number of carbonyl (C=O) groups is 1. The van der Waals surface area contributed by atoms with E-state index in [1.807, 2.05) is 19.1 Å². The fourth-order valence-corrected chi connectivity index (χ4v) is 3.68. The predicted octanol–water partition coefficient (Wildman–Crippen LogP) is 4.59. The number of nitro benzene ring substituents is 1. The smallest absolute Gasteiger partial charge is 0.269 e. The van der Waals surface area contributed by atoms with Crippen LogP contribution in [0.3, 0.4) is 0 Å². The standard InChI is InChI=1S/C19H18ClN3O4S/c1-13-3-4-14(11-17(13)20)21-19-22(9-2-10-28-19)18(24)12-27-16-7-5-15(6-8-16)23(25)26/h3-8,11H,2,9-10,12H2,1H3. The zero-order valence-corrected chi connectivity index (χ0v) is 16.7. The highest BCUT2D eigenvalue weighted by atomic mass is 35.5. The second kappa shape index (κ2) is 9.07. The van der Waals surface area contributed by atoms with Crippen molar-refractivity contribution >= 4 is 45.8 Å². The molecule has 7 nitrogen and oxygen atoms in total. The average molecular weight is 420 g/mol. The number of nitro groups is 1. The lowest BCUT2D eigenvalue weighted by atomic mass is 10.2. The molecule has 1 fully saturated rings. The highest BCUT2D eigenvalue weighted by Crippen LogP contribution is 2.26. The number of rotatable bonds is 5. The Morgan fingerprint density at radius 1 is 1.32 bits per heavy atom. The molecule has 0 unspecified atom stereocenters. The molecule has 2 aromatic rings. The number of nitrogens with zero attached hydrogens (tertiary/aromatic N) is 3. The number of amidine groups is 1. The molecule has 1 amide bonds. The maximum absolute atomic E-state index is 12.6. The summed E-state index contributed by atoms with van der Waals surface area (Å²) in [6.07, 6.45) is 0.863. The average Bonchev–Trinajstić information content (AvgIpc) is 2.69. The molecule has 2 aromatic carbocycles. The van der Waals surface area contributed by atoms with Gasteiger partial charge in [-0.2, -0.15) is 0 Å². The zero-order chi connectivity index (χ0) is 20.1. The number of non-ortho nitro benzene ring substituents is 1. The number of benzene rings is 2. The van der Waals surface area contributed by atoms with Crippen molar-refractivity contribution in [2.75, 3.05) is 18.9 Å². The molecule has 0 saturated carbocycles. The Kier molecular flexibility index (Phi) is 6.53. The first-order chi connectivity index (χ1) is 13.4. The maximum Gasteiger partial charge on any atom is 0.269 e. The van der Waals surface area contributed by atoms with Gasteiger partial charge in [0.25, 0.3) is 11.6 Å². The van der Waals surface area contributed by atoms with Crippen LogP contribution in [0, 0.1) is 17.0 Å². The van der Waals surface area contributed by atoms with Gasteiger partial charge in [0.15, 0.2) is 11.8 Å². The van der Waals surface area contributed by atoms with Crippen molar-refractivity contribution in [2.45, 2.75) is 13.3 Å². The van der Waals surface area contributed by atoms with E-state index < -0.39 is 4.92 Å². The van der Waals surface area contributed by atoms with Crippen LogP contribution in [0.1, 0.15) is 12.0 Å². The second-order valence-corrected chi connectivity index (χ2v) is 7.58. The minimum atomic E-state index is -0.486. The number of thioether (sulfide) groups is 1. The second-order valence-electron chi connectivity index (χ2n) is 6.11. The predicted molar refractivity (Wildman–Crippen MR) is 111 cm³/mol. The van der Waals surface area contributed by atoms with Gasteiger partial charge in [-0.15, -0.1) is 0 Å². The SMILES string of the molecule is Cc1ccc(N=C2SCCCN2C(=O)COc2ccc([N+](=O)[O-])cc2)cc1Cl. The van der Waals surface area contributed by atoms with Crippen molar-refractivity contribution in [3.05, 3.63) is 63.2 Å². The number of carbonyl (C=O) groups excluding carboxylic acids is 1. The third-order valence-corrected chi connectivity index (χ3v) is 5.55. The highest BCUT2D eigenvalue weighted by molar-refractivity contribution is 8.13. The molecule has 0 spiro atoms. The Bertz CT molecular complexity index is 918. The van der Waals surface area contributed by atoms with Crippen LogP contribution in [-0.2, 0) is 4.79 Å². The summed E-state index contributed by atoms with van der Waals surface area (Å²) in [6.45, 7) is 2.31. The molecule has 1 saturated heterocycles. The Morgan fingerprint density at radius 2 is 2.07 bits per heavy atom. The highest BCUT2D eigenvalue weighted by Gasteiger charge is 2.24. The van der Waals surface area contributed by atoms with Gasteiger partial charge in [-0.25, -0.2) is 4.99 Å². The summed E-state index contributed by atoms with van der Waals surface area (Å²) in [5, 5.41) is 11.9. The van der Waals surface area contributed by atoms with E-state index in [0.29, 0.717) is 28.2 Å². The van der Waals surface area contributed by atoms with Crippen LogP contribution >= 0.6 is 23.4 Å². The van der Waals surface area contributed by atoms with E-state index in [1.165, 1.54) is 36.0 Å². The van der Waals surface area contributed by atoms with E-state index in [0.717, 1.165) is 17.7 Å². The molecule has 0 aromatic heterocycles. The van der Waals surface area contributed by atoms with Gasteiger partial charge >= 0.3 is 0 Å². The lowest BCUT2D eigenvalue weighted by molar-refractivity contribution is -0.384. The molecule has 1 heterocycles. The first kappa shape index (κ1) is 20.2. The number of aryl methyl sites for hydroxylation is 1. The molecule has 0 N–H and O–H groups in total. The largest absolute Gasteiger partial charge is 0.484 e. The molecule has 146 valence electrons. The first-order valence-corrected chi connectivity index (χ1v) is 9.95. The number of aliphatic imine (C=N–C) groups is 1. The fraction of sp³-hybridized carbons (Fsp3) is 0.263. The lowest BCUT2D eigenvalue weighted by Gasteiger charge is -2.27. The summed E-state index contributed by atoms with van der Waals surface area (Å²) in [5.41, 5.74) is 1.62. The van der Waals surface area contributed by atoms with E-state index in [4.69, 9.17) is 16.3 Å². The van der Waals surface area contributed by atoms with Crippen LogP contribution in [0.2, 0.25) is 5.02 Å². The summed E-state index contributed by atoms with van der Waals surface area (Å²) >= 11 is 7.67. The molecule has 28 heavy (non-hydrogen) atoms. The van der Waals surface area contributed by atoms with Crippen LogP contribution in [-0.4, -0.2) is 39.8 Å². The summed E-state index contributed by atoms with van der Waals surface area (Å²) in [7, 11) is 0. The maximum atomic E-state index is 12.6. The van der Waals surface area contributed by atoms with Gasteiger partial charge in [-0.05, 0) is 43.2 Å². The third kappa shape index (κ3) is 5.02. The van der Waals surface area contributed by atoms with Crippen LogP contribution in [0.5, 0.6) is 5.75 Å². The molecule has 1 aliphatic rings. The van der Waals surface area contributed by atoms with Gasteiger partial charge in [0.2, 0.25) is 0 Å². The normalized spacial score (nSPS) is 15.5. The topological polar surface area (TPSA) is 85.0 Å². The van der Waals surface area contributed by atoms with E-state index in [-0.39, 0.29) is 18.2 Å². The number of hydrogen-bond donors (Lipinski definition) is 0. The Balaban J connectivity index is 1.68. The van der Waals surface area contributed by atoms with Crippen LogP contribution < -0.4 is 4.74 Å². The Hall–Kier alpha value is -2.58. The van der Waals surface area contributed by atoms with Crippen molar-refractivity contribution < 1.29 is 14.5 Å². The summed E-state index contributed by atoms with van der Waals surface area (Å²) in [5.74, 6) is 1.06. The number of halogens is 1. The summed E-state index contributed by atoms with van der Waals surface area (Å²) in [4.78, 5) is 29.0. The minimum Gasteiger partial charge on any atom is -0.484 e. The van der Waals surface area contributed by atoms with Crippen LogP contribution in [0.25, 0.3) is 0 Å². The zero-order valence-electron chi connectivity index (χ0n) is 15.1. The molecule has 9 heteroatoms. The van der Waals surface area contributed by atoms with Gasteiger partial charge in [0, 0.05) is 29.5 Å². The lowest BCUT2D eigenvalue weighted by Crippen LogP contribution is -2.41. The van der Waals surface area contributed by atoms with Gasteiger partial charge in [0.1, 0.15) is 5.75 Å². The van der Waals surface area contributed by atoms with Crippen molar-refractivity contribution in [2.24, 2.45) is 4.99 Å². The van der Waals surface area contributed by atoms with Crippen molar-refractivity contribution in [3.8, 4) is 5.75 Å². The monoisotopic (exact) mass is 419 g/mol. The van der Waals surface area contributed by atoms with Gasteiger partial charge < -0.3 is 4.74 Å². The van der Waals surface area contributed by atoms with E-state index in [9.17, 15) is 14.9 Å². The summed E-state index contributed by atoms with van der Waals surface area (Å²) < 4.78 is 5.49. The quantitative estimate of drug-likeness (QED) is 0.522. The molecule has 0 atom stereocenters. The van der Waals surface area contributed by atoms with Crippen molar-refractivity contribution in [1.29, 1.82) is 0 Å². The summed E-state index contributed by atoms with van der Waals surface area (Å²) in [6, 6.07) is 11.1. The molecular weight excluding hydrogens is 402 g/mol. The van der Waals surface area contributed by atoms with Gasteiger partial charge in [-0.1, -0.05) is 29.4 Å². The van der Waals surface area contributed by atoms with Gasteiger partial charge in [-0.3, -0.25) is 19.8 Å². The van der Waals surface area contributed by atoms with Crippen molar-refractivity contribution in [3.63, 3.8) is 0 Å². The Labute approximate surface area is 171 Å². The number of amides is 1. The molecule has 3 rings (SSSR count). The molecule has 0 radical (unpaired) electrons. The number of hydrogen-bond acceptors (Lipinski definition) is 6. The molecule has 1 aliphatic heterocycles. The number of ether oxygens (including phenoxy) is 1. The van der Waals surface area contributed by atoms with E-state index in [1.54, 1.807) is 11.0 Å². The molecule has 0 bridgehead atoms.